The topological polar surface area (TPSA) is 117 Å². The Morgan fingerprint density at radius 1 is 1.20 bits per heavy atom. The SMILES string of the molecule is N#Cc1cnc2ccc3c(c2c1NC1CCS(=O)(=O)C1)CCS3(=O)=O. The predicted molar refractivity (Wildman–Crippen MR) is 92.9 cm³/mol. The lowest BCUT2D eigenvalue weighted by Crippen LogP contribution is -2.21. The second kappa shape index (κ2) is 5.41. The van der Waals surface area contributed by atoms with Crippen molar-refractivity contribution >= 4 is 36.3 Å². The first-order valence-corrected chi connectivity index (χ1v) is 11.3. The van der Waals surface area contributed by atoms with Gasteiger partial charge in [0, 0.05) is 17.6 Å². The van der Waals surface area contributed by atoms with Crippen molar-refractivity contribution in [3.8, 4) is 6.07 Å². The summed E-state index contributed by atoms with van der Waals surface area (Å²) in [5.74, 6) is 0.159. The van der Waals surface area contributed by atoms with E-state index in [0.29, 0.717) is 35.0 Å². The summed E-state index contributed by atoms with van der Waals surface area (Å²) in [5, 5.41) is 13.2. The largest absolute Gasteiger partial charge is 0.380 e. The van der Waals surface area contributed by atoms with Crippen LogP contribution in [-0.2, 0) is 26.1 Å². The number of rotatable bonds is 2. The molecule has 1 aromatic heterocycles. The first-order valence-electron chi connectivity index (χ1n) is 7.85. The number of nitriles is 1. The van der Waals surface area contributed by atoms with Crippen LogP contribution >= 0.6 is 0 Å². The smallest absolute Gasteiger partial charge is 0.179 e. The Hall–Kier alpha value is -2.18. The molecule has 1 N–H and O–H groups in total. The number of hydrogen-bond donors (Lipinski definition) is 1. The number of benzene rings is 1. The van der Waals surface area contributed by atoms with E-state index in [1.807, 2.05) is 0 Å². The molecule has 2 aliphatic heterocycles. The van der Waals surface area contributed by atoms with Gasteiger partial charge in [0.05, 0.1) is 38.9 Å². The Balaban J connectivity index is 1.93. The molecule has 0 saturated carbocycles. The monoisotopic (exact) mass is 377 g/mol. The number of anilines is 1. The Morgan fingerprint density at radius 3 is 2.68 bits per heavy atom. The molecular formula is C16H15N3O4S2. The maximum absolute atomic E-state index is 12.2. The molecule has 1 saturated heterocycles. The van der Waals surface area contributed by atoms with Crippen molar-refractivity contribution in [2.24, 2.45) is 0 Å². The van der Waals surface area contributed by atoms with Crippen LogP contribution in [0.4, 0.5) is 5.69 Å². The zero-order valence-corrected chi connectivity index (χ0v) is 14.8. The van der Waals surface area contributed by atoms with Crippen LogP contribution in [0.1, 0.15) is 17.5 Å². The molecule has 130 valence electrons. The highest BCUT2D eigenvalue weighted by Crippen LogP contribution is 2.37. The third-order valence-electron chi connectivity index (χ3n) is 4.76. The standard InChI is InChI=1S/C16H15N3O4S2/c17-7-10-8-18-13-1-2-14-12(4-6-25(14,22)23)15(13)16(10)19-11-3-5-24(20,21)9-11/h1-2,8,11H,3-6,9H2,(H,18,19). The van der Waals surface area contributed by atoms with Gasteiger partial charge in [0.25, 0.3) is 0 Å². The molecule has 1 unspecified atom stereocenters. The lowest BCUT2D eigenvalue weighted by molar-refractivity contribution is 0.599. The van der Waals surface area contributed by atoms with Crippen LogP contribution in [0.2, 0.25) is 0 Å². The van der Waals surface area contributed by atoms with E-state index in [0.717, 1.165) is 0 Å². The van der Waals surface area contributed by atoms with E-state index in [1.54, 1.807) is 12.1 Å². The molecule has 7 nitrogen and oxygen atoms in total. The minimum atomic E-state index is -3.31. The lowest BCUT2D eigenvalue weighted by Gasteiger charge is -2.17. The fraction of sp³-hybridized carbons (Fsp3) is 0.375. The van der Waals surface area contributed by atoms with Gasteiger partial charge in [-0.2, -0.15) is 5.26 Å². The average molecular weight is 377 g/mol. The molecule has 4 rings (SSSR count). The molecule has 0 radical (unpaired) electrons. The molecule has 25 heavy (non-hydrogen) atoms. The number of aryl methyl sites for hydroxylation is 1. The summed E-state index contributed by atoms with van der Waals surface area (Å²) in [7, 11) is -6.39. The van der Waals surface area contributed by atoms with Gasteiger partial charge in [0.15, 0.2) is 19.7 Å². The molecule has 1 aromatic carbocycles. The predicted octanol–water partition coefficient (Wildman–Crippen LogP) is 1.04. The van der Waals surface area contributed by atoms with Crippen molar-refractivity contribution in [2.45, 2.75) is 23.8 Å². The molecule has 0 aliphatic carbocycles. The van der Waals surface area contributed by atoms with Gasteiger partial charge in [-0.15, -0.1) is 0 Å². The zero-order valence-electron chi connectivity index (χ0n) is 13.2. The fourth-order valence-corrected chi connectivity index (χ4v) is 6.79. The van der Waals surface area contributed by atoms with Crippen LogP contribution < -0.4 is 5.32 Å². The maximum Gasteiger partial charge on any atom is 0.179 e. The van der Waals surface area contributed by atoms with E-state index < -0.39 is 19.7 Å². The molecule has 0 amide bonds. The third-order valence-corrected chi connectivity index (χ3v) is 8.32. The Labute approximate surface area is 145 Å². The Kier molecular flexibility index (Phi) is 3.53. The third kappa shape index (κ3) is 2.65. The molecule has 2 aromatic rings. The van der Waals surface area contributed by atoms with Crippen LogP contribution in [-0.4, -0.2) is 45.1 Å². The first-order chi connectivity index (χ1) is 11.8. The number of nitrogens with zero attached hydrogens (tertiary/aromatic N) is 2. The first kappa shape index (κ1) is 16.3. The quantitative estimate of drug-likeness (QED) is 0.831. The zero-order chi connectivity index (χ0) is 17.8. The number of aromatic nitrogens is 1. The second-order valence-electron chi connectivity index (χ2n) is 6.41. The van der Waals surface area contributed by atoms with E-state index in [2.05, 4.69) is 16.4 Å². The Bertz CT molecular complexity index is 1150. The Morgan fingerprint density at radius 2 is 2.00 bits per heavy atom. The van der Waals surface area contributed by atoms with Gasteiger partial charge in [0.1, 0.15) is 6.07 Å². The summed E-state index contributed by atoms with van der Waals surface area (Å²) in [6, 6.07) is 4.97. The number of pyridine rings is 1. The van der Waals surface area contributed by atoms with Crippen LogP contribution in [0.25, 0.3) is 10.9 Å². The van der Waals surface area contributed by atoms with Gasteiger partial charge in [-0.3, -0.25) is 4.98 Å². The van der Waals surface area contributed by atoms with Crippen molar-refractivity contribution < 1.29 is 16.8 Å². The van der Waals surface area contributed by atoms with Crippen molar-refractivity contribution in [3.63, 3.8) is 0 Å². The van der Waals surface area contributed by atoms with Crippen molar-refractivity contribution in [3.05, 3.63) is 29.5 Å². The van der Waals surface area contributed by atoms with Crippen LogP contribution in [0.15, 0.2) is 23.2 Å². The van der Waals surface area contributed by atoms with Gasteiger partial charge < -0.3 is 5.32 Å². The molecular weight excluding hydrogens is 362 g/mol. The number of nitrogens with one attached hydrogen (secondary N) is 1. The van der Waals surface area contributed by atoms with E-state index >= 15 is 0 Å². The van der Waals surface area contributed by atoms with Gasteiger partial charge in [-0.05, 0) is 30.5 Å². The summed E-state index contributed by atoms with van der Waals surface area (Å²) >= 11 is 0. The number of sulfone groups is 2. The van der Waals surface area contributed by atoms with Crippen molar-refractivity contribution in [2.75, 3.05) is 22.6 Å². The molecule has 0 spiro atoms. The summed E-state index contributed by atoms with van der Waals surface area (Å²) < 4.78 is 47.9. The van der Waals surface area contributed by atoms with Gasteiger partial charge in [0.2, 0.25) is 0 Å². The van der Waals surface area contributed by atoms with E-state index in [9.17, 15) is 22.1 Å². The van der Waals surface area contributed by atoms with Gasteiger partial charge in [-0.25, -0.2) is 16.8 Å². The van der Waals surface area contributed by atoms with Crippen LogP contribution in [0, 0.1) is 11.3 Å². The minimum Gasteiger partial charge on any atom is -0.380 e. The molecule has 2 aliphatic rings. The minimum absolute atomic E-state index is 0.00894. The highest BCUT2D eigenvalue weighted by molar-refractivity contribution is 7.92. The highest BCUT2D eigenvalue weighted by Gasteiger charge is 2.32. The fourth-order valence-electron chi connectivity index (χ4n) is 3.57. The summed E-state index contributed by atoms with van der Waals surface area (Å²) in [6.07, 6.45) is 2.26. The van der Waals surface area contributed by atoms with Gasteiger partial charge in [-0.1, -0.05) is 0 Å². The van der Waals surface area contributed by atoms with E-state index in [1.165, 1.54) is 6.20 Å². The highest BCUT2D eigenvalue weighted by atomic mass is 32.2. The number of hydrogen-bond acceptors (Lipinski definition) is 7. The molecule has 1 fully saturated rings. The number of fused-ring (bicyclic) bond motifs is 3. The average Bonchev–Trinajstić information content (AvgIpc) is 3.06. The summed E-state index contributed by atoms with van der Waals surface area (Å²) in [6.45, 7) is 0. The van der Waals surface area contributed by atoms with Crippen molar-refractivity contribution in [1.82, 2.24) is 4.98 Å². The summed E-state index contributed by atoms with van der Waals surface area (Å²) in [5.41, 5.74) is 2.03. The second-order valence-corrected chi connectivity index (χ2v) is 10.7. The maximum atomic E-state index is 12.2. The van der Waals surface area contributed by atoms with Crippen LogP contribution in [0.5, 0.6) is 0 Å². The van der Waals surface area contributed by atoms with Crippen LogP contribution in [0.3, 0.4) is 0 Å². The van der Waals surface area contributed by atoms with Gasteiger partial charge >= 0.3 is 0 Å². The summed E-state index contributed by atoms with van der Waals surface area (Å²) in [4.78, 5) is 4.54. The normalized spacial score (nSPS) is 23.2. The van der Waals surface area contributed by atoms with E-state index in [4.69, 9.17) is 0 Å². The molecule has 0 bridgehead atoms. The van der Waals surface area contributed by atoms with Crippen molar-refractivity contribution in [1.29, 1.82) is 5.26 Å². The van der Waals surface area contributed by atoms with E-state index in [-0.39, 0.29) is 33.8 Å². The lowest BCUT2D eigenvalue weighted by atomic mass is 10.0. The molecule has 3 heterocycles. The molecule has 1 atom stereocenters. The molecule has 9 heteroatoms.